The lowest BCUT2D eigenvalue weighted by Gasteiger charge is -2.34. The number of fused-ring (bicyclic) bond motifs is 1. The van der Waals surface area contributed by atoms with Gasteiger partial charge in [-0.2, -0.15) is 5.10 Å². The van der Waals surface area contributed by atoms with Gasteiger partial charge in [0.25, 0.3) is 0 Å². The summed E-state index contributed by atoms with van der Waals surface area (Å²) in [6.45, 7) is 6.48. The predicted molar refractivity (Wildman–Crippen MR) is 131 cm³/mol. The maximum Gasteiger partial charge on any atom is 0.130 e. The van der Waals surface area contributed by atoms with E-state index in [9.17, 15) is 8.76 Å². The van der Waals surface area contributed by atoms with Gasteiger partial charge in [-0.3, -0.25) is 14.3 Å². The number of aromatic amines is 1. The van der Waals surface area contributed by atoms with Crippen LogP contribution in [0.2, 0.25) is 0 Å². The zero-order chi connectivity index (χ0) is 23.7. The number of nitrogens with one attached hydrogen (secondary N) is 2. The number of anilines is 1. The van der Waals surface area contributed by atoms with E-state index in [-0.39, 0.29) is 12.6 Å². The van der Waals surface area contributed by atoms with E-state index in [0.29, 0.717) is 13.2 Å². The molecule has 1 aliphatic rings. The van der Waals surface area contributed by atoms with Crippen LogP contribution in [-0.4, -0.2) is 54.7 Å². The second kappa shape index (κ2) is 9.59. The molecule has 10 heteroatoms. The lowest BCUT2D eigenvalue weighted by molar-refractivity contribution is 0.0986. The highest BCUT2D eigenvalue weighted by molar-refractivity contribution is 7.77. The average molecular weight is 478 g/mol. The van der Waals surface area contributed by atoms with Gasteiger partial charge >= 0.3 is 0 Å². The molecule has 1 aliphatic heterocycles. The highest BCUT2D eigenvalue weighted by atomic mass is 32.2. The van der Waals surface area contributed by atoms with Crippen molar-refractivity contribution in [2.75, 3.05) is 24.7 Å². The Kier molecular flexibility index (Phi) is 6.38. The van der Waals surface area contributed by atoms with E-state index in [1.165, 1.54) is 0 Å². The van der Waals surface area contributed by atoms with Gasteiger partial charge in [0.05, 0.1) is 24.9 Å². The summed E-state index contributed by atoms with van der Waals surface area (Å²) in [5.41, 5.74) is 6.34. The number of hydrogen-bond acceptors (Lipinski definition) is 7. The number of aryl methyl sites for hydroxylation is 1. The summed E-state index contributed by atoms with van der Waals surface area (Å²) in [7, 11) is 0. The number of benzene rings is 1. The first-order valence-corrected chi connectivity index (χ1v) is 12.2. The molecular weight excluding hydrogens is 452 g/mol. The predicted octanol–water partition coefficient (Wildman–Crippen LogP) is 3.10. The minimum atomic E-state index is -2.30. The smallest absolute Gasteiger partial charge is 0.130 e. The Morgan fingerprint density at radius 1 is 1.29 bits per heavy atom. The number of morpholine rings is 1. The second-order valence-corrected chi connectivity index (χ2v) is 9.14. The Bertz CT molecular complexity index is 1330. The van der Waals surface area contributed by atoms with Crippen LogP contribution in [0.4, 0.5) is 5.82 Å². The number of nitrogens with zero attached hydrogens (tertiary/aromatic N) is 4. The van der Waals surface area contributed by atoms with E-state index in [2.05, 4.69) is 32.8 Å². The van der Waals surface area contributed by atoms with Crippen molar-refractivity contribution < 1.29 is 13.5 Å². The van der Waals surface area contributed by atoms with Gasteiger partial charge < -0.3 is 14.2 Å². The van der Waals surface area contributed by atoms with Crippen molar-refractivity contribution in [3.05, 3.63) is 59.9 Å². The fourth-order valence-electron chi connectivity index (χ4n) is 4.36. The first-order chi connectivity index (χ1) is 16.5. The summed E-state index contributed by atoms with van der Waals surface area (Å²) < 4.78 is 29.7. The Morgan fingerprint density at radius 3 is 2.82 bits per heavy atom. The normalized spacial score (nSPS) is 17.3. The number of H-pyrrole nitrogens is 1. The van der Waals surface area contributed by atoms with Crippen molar-refractivity contribution in [1.82, 2.24) is 24.9 Å². The molecule has 4 heterocycles. The molecular formula is C24H25N6O3S-. The molecule has 2 atom stereocenters. The summed E-state index contributed by atoms with van der Waals surface area (Å²) in [5, 5.41) is 8.15. The Morgan fingerprint density at radius 2 is 2.12 bits per heavy atom. The van der Waals surface area contributed by atoms with E-state index < -0.39 is 11.3 Å². The van der Waals surface area contributed by atoms with E-state index in [1.807, 2.05) is 43.5 Å². The van der Waals surface area contributed by atoms with Crippen molar-refractivity contribution in [1.29, 1.82) is 0 Å². The third-order valence-electron chi connectivity index (χ3n) is 6.09. The van der Waals surface area contributed by atoms with Crippen LogP contribution in [0.3, 0.4) is 0 Å². The molecule has 0 bridgehead atoms. The molecule has 0 radical (unpaired) electrons. The van der Waals surface area contributed by atoms with Crippen LogP contribution in [0.1, 0.15) is 18.1 Å². The molecule has 1 aromatic carbocycles. The third kappa shape index (κ3) is 4.45. The minimum Gasteiger partial charge on any atom is -0.760 e. The van der Waals surface area contributed by atoms with Crippen LogP contribution in [0.5, 0.6) is 0 Å². The summed E-state index contributed by atoms with van der Waals surface area (Å²) in [5.74, 6) is 0.874. The molecule has 1 fully saturated rings. The molecule has 2 N–H and O–H groups in total. The summed E-state index contributed by atoms with van der Waals surface area (Å²) in [6, 6.07) is 12.1. The maximum atomic E-state index is 10.8. The molecule has 4 aromatic rings. The summed E-state index contributed by atoms with van der Waals surface area (Å²) in [4.78, 5) is 12.1. The number of ether oxygens (including phenoxy) is 1. The van der Waals surface area contributed by atoms with Gasteiger partial charge in [0.2, 0.25) is 0 Å². The summed E-state index contributed by atoms with van der Waals surface area (Å²) >= 11 is -2.30. The van der Waals surface area contributed by atoms with Gasteiger partial charge in [-0.25, -0.2) is 9.71 Å². The molecule has 3 aromatic heterocycles. The van der Waals surface area contributed by atoms with Crippen molar-refractivity contribution in [2.24, 2.45) is 0 Å². The van der Waals surface area contributed by atoms with Gasteiger partial charge in [-0.15, -0.1) is 0 Å². The molecule has 9 nitrogen and oxygen atoms in total. The fraction of sp³-hybridized carbons (Fsp3) is 0.292. The largest absolute Gasteiger partial charge is 0.760 e. The SMILES string of the molecule is Cc1cnc(-c2ccn[nH]2)c2nc(N3CCOC[C@H]3C)cc(-c3ccc(CNS(=O)[O-])cc3)c12. The Hall–Kier alpha value is -3.18. The zero-order valence-electron chi connectivity index (χ0n) is 18.9. The summed E-state index contributed by atoms with van der Waals surface area (Å²) in [6.07, 6.45) is 3.57. The number of hydrogen-bond donors (Lipinski definition) is 2. The highest BCUT2D eigenvalue weighted by Crippen LogP contribution is 2.37. The van der Waals surface area contributed by atoms with Gasteiger partial charge in [0.1, 0.15) is 17.0 Å². The van der Waals surface area contributed by atoms with Crippen LogP contribution in [0.25, 0.3) is 33.4 Å². The van der Waals surface area contributed by atoms with E-state index in [1.54, 1.807) is 6.20 Å². The van der Waals surface area contributed by atoms with Crippen LogP contribution in [-0.2, 0) is 22.5 Å². The van der Waals surface area contributed by atoms with E-state index in [4.69, 9.17) is 14.7 Å². The van der Waals surface area contributed by atoms with Crippen molar-refractivity contribution in [2.45, 2.75) is 26.4 Å². The van der Waals surface area contributed by atoms with Crippen molar-refractivity contribution in [3.63, 3.8) is 0 Å². The van der Waals surface area contributed by atoms with Gasteiger partial charge in [0, 0.05) is 42.1 Å². The molecule has 1 unspecified atom stereocenters. The first-order valence-electron chi connectivity index (χ1n) is 11.1. The number of rotatable bonds is 6. The molecule has 0 amide bonds. The van der Waals surface area contributed by atoms with Crippen molar-refractivity contribution in [3.8, 4) is 22.5 Å². The Labute approximate surface area is 200 Å². The maximum absolute atomic E-state index is 10.8. The van der Waals surface area contributed by atoms with Crippen molar-refractivity contribution >= 4 is 28.0 Å². The van der Waals surface area contributed by atoms with Gasteiger partial charge in [-0.05, 0) is 48.2 Å². The molecule has 5 rings (SSSR count). The fourth-order valence-corrected chi connectivity index (χ4v) is 4.65. The molecule has 1 saturated heterocycles. The molecule has 34 heavy (non-hydrogen) atoms. The van der Waals surface area contributed by atoms with Crippen LogP contribution in [0, 0.1) is 6.92 Å². The lowest BCUT2D eigenvalue weighted by Crippen LogP contribution is -2.44. The van der Waals surface area contributed by atoms with Gasteiger partial charge in [0.15, 0.2) is 0 Å². The standard InChI is InChI=1S/C24H26N6O3S/c1-15-12-25-23(20-7-8-26-29-20)24-22(15)19(11-21(28-24)30-9-10-33-14-16(30)2)18-5-3-17(4-6-18)13-27-34(31)32/h3-8,11-12,16,27H,9-10,13-14H2,1-2H3,(H,26,29)(H,31,32)/p-1/t16-/m1/s1. The number of pyridine rings is 2. The van der Waals surface area contributed by atoms with Gasteiger partial charge in [-0.1, -0.05) is 24.3 Å². The Balaban J connectivity index is 1.69. The monoisotopic (exact) mass is 477 g/mol. The average Bonchev–Trinajstić information content (AvgIpc) is 3.38. The highest BCUT2D eigenvalue weighted by Gasteiger charge is 2.23. The van der Waals surface area contributed by atoms with E-state index >= 15 is 0 Å². The minimum absolute atomic E-state index is 0.196. The molecule has 0 spiro atoms. The van der Waals surface area contributed by atoms with E-state index in [0.717, 1.165) is 56.9 Å². The van der Waals surface area contributed by atoms with Crippen LogP contribution < -0.4 is 9.62 Å². The number of aromatic nitrogens is 4. The topological polar surface area (TPSA) is 119 Å². The third-order valence-corrected chi connectivity index (χ3v) is 6.47. The van der Waals surface area contributed by atoms with Crippen LogP contribution >= 0.6 is 0 Å². The lowest BCUT2D eigenvalue weighted by atomic mass is 9.96. The zero-order valence-corrected chi connectivity index (χ0v) is 19.8. The quantitative estimate of drug-likeness (QED) is 0.410. The molecule has 176 valence electrons. The molecule has 0 aliphatic carbocycles. The van der Waals surface area contributed by atoms with Crippen LogP contribution in [0.15, 0.2) is 48.8 Å². The first kappa shape index (κ1) is 22.6. The molecule has 0 saturated carbocycles. The second-order valence-electron chi connectivity index (χ2n) is 8.38.